The molecule has 0 unspecified atom stereocenters. The quantitative estimate of drug-likeness (QED) is 0.850. The molecule has 1 aromatic heterocycles. The molecule has 0 saturated carbocycles. The van der Waals surface area contributed by atoms with Crippen LogP contribution in [0.5, 0.6) is 0 Å². The third-order valence-corrected chi connectivity index (χ3v) is 5.47. The average Bonchev–Trinajstić information content (AvgIpc) is 2.76. The Labute approximate surface area is 108 Å². The molecule has 0 amide bonds. The standard InChI is InChI=1S/C11H20N4O2S/c1-9-4-3-5-15(11(9)6-12)18(16,17)10-7-13-14(2)8-10/h7-9,11H,3-6,12H2,1-2H3/t9-,11+/m1/s1. The summed E-state index contributed by atoms with van der Waals surface area (Å²) in [7, 11) is -1.76. The molecule has 1 fully saturated rings. The Morgan fingerprint density at radius 1 is 1.56 bits per heavy atom. The predicted octanol–water partition coefficient (Wildman–Crippen LogP) is 0.168. The molecule has 1 aliphatic rings. The normalized spacial score (nSPS) is 26.4. The third kappa shape index (κ3) is 2.30. The Balaban J connectivity index is 2.34. The smallest absolute Gasteiger partial charge is 0.246 e. The summed E-state index contributed by atoms with van der Waals surface area (Å²) in [6.45, 7) is 2.96. The highest BCUT2D eigenvalue weighted by atomic mass is 32.2. The zero-order chi connectivity index (χ0) is 13.3. The zero-order valence-electron chi connectivity index (χ0n) is 10.8. The van der Waals surface area contributed by atoms with Crippen molar-refractivity contribution in [1.29, 1.82) is 0 Å². The highest BCUT2D eigenvalue weighted by Crippen LogP contribution is 2.28. The van der Waals surface area contributed by atoms with Crippen LogP contribution < -0.4 is 5.73 Å². The van der Waals surface area contributed by atoms with Crippen molar-refractivity contribution in [2.45, 2.75) is 30.7 Å². The van der Waals surface area contributed by atoms with Gasteiger partial charge in [0, 0.05) is 32.4 Å². The molecule has 2 rings (SSSR count). The number of sulfonamides is 1. The minimum Gasteiger partial charge on any atom is -0.329 e. The van der Waals surface area contributed by atoms with Crippen LogP contribution >= 0.6 is 0 Å². The molecule has 0 aromatic carbocycles. The third-order valence-electron chi connectivity index (χ3n) is 3.59. The van der Waals surface area contributed by atoms with Crippen LogP contribution in [0.2, 0.25) is 0 Å². The van der Waals surface area contributed by atoms with Crippen molar-refractivity contribution in [3.63, 3.8) is 0 Å². The Kier molecular flexibility index (Phi) is 3.74. The lowest BCUT2D eigenvalue weighted by Crippen LogP contribution is -2.51. The summed E-state index contributed by atoms with van der Waals surface area (Å²) in [4.78, 5) is 0.248. The van der Waals surface area contributed by atoms with Crippen molar-refractivity contribution in [1.82, 2.24) is 14.1 Å². The van der Waals surface area contributed by atoms with E-state index in [0.717, 1.165) is 12.8 Å². The number of nitrogens with two attached hydrogens (primary N) is 1. The van der Waals surface area contributed by atoms with Gasteiger partial charge < -0.3 is 5.73 Å². The monoisotopic (exact) mass is 272 g/mol. The van der Waals surface area contributed by atoms with Gasteiger partial charge in [0.25, 0.3) is 0 Å². The van der Waals surface area contributed by atoms with E-state index in [1.54, 1.807) is 7.05 Å². The van der Waals surface area contributed by atoms with Crippen molar-refractivity contribution in [3.05, 3.63) is 12.4 Å². The number of aryl methyl sites for hydroxylation is 1. The topological polar surface area (TPSA) is 81.2 Å². The van der Waals surface area contributed by atoms with Crippen LogP contribution in [-0.4, -0.2) is 41.6 Å². The van der Waals surface area contributed by atoms with E-state index in [1.165, 1.54) is 21.4 Å². The minimum absolute atomic E-state index is 0.107. The fourth-order valence-electron chi connectivity index (χ4n) is 2.53. The van der Waals surface area contributed by atoms with Gasteiger partial charge in [0.1, 0.15) is 4.90 Å². The molecule has 7 heteroatoms. The fraction of sp³-hybridized carbons (Fsp3) is 0.727. The van der Waals surface area contributed by atoms with Crippen LogP contribution in [0.1, 0.15) is 19.8 Å². The first-order valence-electron chi connectivity index (χ1n) is 6.17. The number of hydrogen-bond donors (Lipinski definition) is 1. The van der Waals surface area contributed by atoms with Crippen molar-refractivity contribution in [2.24, 2.45) is 18.7 Å². The Bertz CT molecular complexity index is 511. The molecular weight excluding hydrogens is 252 g/mol. The molecule has 0 aliphatic carbocycles. The number of hydrogen-bond acceptors (Lipinski definition) is 4. The van der Waals surface area contributed by atoms with E-state index in [9.17, 15) is 8.42 Å². The highest BCUT2D eigenvalue weighted by Gasteiger charge is 2.36. The van der Waals surface area contributed by atoms with Gasteiger partial charge in [-0.25, -0.2) is 8.42 Å². The van der Waals surface area contributed by atoms with E-state index in [4.69, 9.17) is 5.73 Å². The molecule has 102 valence electrons. The van der Waals surface area contributed by atoms with Crippen LogP contribution in [0.3, 0.4) is 0 Å². The molecule has 1 saturated heterocycles. The van der Waals surface area contributed by atoms with Gasteiger partial charge in [-0.1, -0.05) is 6.92 Å². The molecule has 2 heterocycles. The maximum absolute atomic E-state index is 12.5. The Morgan fingerprint density at radius 2 is 2.28 bits per heavy atom. The first-order valence-corrected chi connectivity index (χ1v) is 7.61. The summed E-state index contributed by atoms with van der Waals surface area (Å²) in [6, 6.07) is -0.107. The van der Waals surface area contributed by atoms with E-state index in [0.29, 0.717) is 19.0 Å². The van der Waals surface area contributed by atoms with E-state index in [1.807, 2.05) is 0 Å². The summed E-state index contributed by atoms with van der Waals surface area (Å²) < 4.78 is 28.1. The maximum Gasteiger partial charge on any atom is 0.246 e. The molecule has 0 bridgehead atoms. The highest BCUT2D eigenvalue weighted by molar-refractivity contribution is 7.89. The van der Waals surface area contributed by atoms with E-state index in [-0.39, 0.29) is 10.9 Å². The second-order valence-electron chi connectivity index (χ2n) is 4.89. The largest absolute Gasteiger partial charge is 0.329 e. The Morgan fingerprint density at radius 3 is 2.83 bits per heavy atom. The summed E-state index contributed by atoms with van der Waals surface area (Å²) in [6.07, 6.45) is 4.84. The molecule has 18 heavy (non-hydrogen) atoms. The number of piperidine rings is 1. The van der Waals surface area contributed by atoms with Gasteiger partial charge in [-0.3, -0.25) is 4.68 Å². The van der Waals surface area contributed by atoms with Crippen LogP contribution in [-0.2, 0) is 17.1 Å². The van der Waals surface area contributed by atoms with Gasteiger partial charge >= 0.3 is 0 Å². The molecule has 6 nitrogen and oxygen atoms in total. The molecule has 2 atom stereocenters. The van der Waals surface area contributed by atoms with Crippen LogP contribution in [0.15, 0.2) is 17.3 Å². The lowest BCUT2D eigenvalue weighted by atomic mass is 9.93. The second kappa shape index (κ2) is 4.99. The summed E-state index contributed by atoms with van der Waals surface area (Å²) in [5, 5.41) is 3.93. The van der Waals surface area contributed by atoms with Crippen LogP contribution in [0.4, 0.5) is 0 Å². The van der Waals surface area contributed by atoms with Crippen LogP contribution in [0, 0.1) is 5.92 Å². The molecular formula is C11H20N4O2S. The predicted molar refractivity (Wildman–Crippen MR) is 68.3 cm³/mol. The van der Waals surface area contributed by atoms with Crippen molar-refractivity contribution < 1.29 is 8.42 Å². The van der Waals surface area contributed by atoms with Gasteiger partial charge in [0.2, 0.25) is 10.0 Å². The molecule has 0 radical (unpaired) electrons. The van der Waals surface area contributed by atoms with Gasteiger partial charge in [-0.05, 0) is 18.8 Å². The van der Waals surface area contributed by atoms with E-state index < -0.39 is 10.0 Å². The Hall–Kier alpha value is -0.920. The molecule has 1 aliphatic heterocycles. The molecule has 2 N–H and O–H groups in total. The zero-order valence-corrected chi connectivity index (χ0v) is 11.6. The van der Waals surface area contributed by atoms with Crippen LogP contribution in [0.25, 0.3) is 0 Å². The lowest BCUT2D eigenvalue weighted by Gasteiger charge is -2.38. The second-order valence-corrected chi connectivity index (χ2v) is 6.78. The SMILES string of the molecule is C[C@@H]1CCCN(S(=O)(=O)c2cnn(C)c2)[C@H]1CN. The first kappa shape index (κ1) is 13.5. The average molecular weight is 272 g/mol. The van der Waals surface area contributed by atoms with Gasteiger partial charge in [0.05, 0.1) is 6.20 Å². The van der Waals surface area contributed by atoms with Crippen molar-refractivity contribution >= 4 is 10.0 Å². The minimum atomic E-state index is -3.47. The van der Waals surface area contributed by atoms with Gasteiger partial charge in [-0.2, -0.15) is 9.40 Å². The lowest BCUT2D eigenvalue weighted by molar-refractivity contribution is 0.192. The maximum atomic E-state index is 12.5. The first-order chi connectivity index (χ1) is 8.46. The van der Waals surface area contributed by atoms with E-state index >= 15 is 0 Å². The number of aromatic nitrogens is 2. The number of nitrogens with zero attached hydrogens (tertiary/aromatic N) is 3. The summed E-state index contributed by atoms with van der Waals surface area (Å²) >= 11 is 0. The van der Waals surface area contributed by atoms with Crippen molar-refractivity contribution in [2.75, 3.05) is 13.1 Å². The molecule has 1 aromatic rings. The summed E-state index contributed by atoms with van der Waals surface area (Å²) in [5.41, 5.74) is 5.74. The fourth-order valence-corrected chi connectivity index (χ4v) is 4.28. The molecule has 0 spiro atoms. The van der Waals surface area contributed by atoms with E-state index in [2.05, 4.69) is 12.0 Å². The summed E-state index contributed by atoms with van der Waals surface area (Å²) in [5.74, 6) is 0.301. The van der Waals surface area contributed by atoms with Gasteiger partial charge in [0.15, 0.2) is 0 Å². The van der Waals surface area contributed by atoms with Crippen molar-refractivity contribution in [3.8, 4) is 0 Å². The van der Waals surface area contributed by atoms with Gasteiger partial charge in [-0.15, -0.1) is 0 Å². The number of rotatable bonds is 3.